The molecule has 18 heavy (non-hydrogen) atoms. The third-order valence-electron chi connectivity index (χ3n) is 1.83. The van der Waals surface area contributed by atoms with Gasteiger partial charge >= 0.3 is 6.18 Å². The summed E-state index contributed by atoms with van der Waals surface area (Å²) in [5.41, 5.74) is 8.37. The molecule has 0 amide bonds. The van der Waals surface area contributed by atoms with Crippen molar-refractivity contribution < 1.29 is 18.3 Å². The van der Waals surface area contributed by atoms with Crippen molar-refractivity contribution >= 4 is 28.1 Å². The van der Waals surface area contributed by atoms with Crippen molar-refractivity contribution in [3.63, 3.8) is 0 Å². The van der Waals surface area contributed by atoms with Crippen LogP contribution in [-0.4, -0.2) is 17.3 Å². The monoisotopic (exact) mass is 324 g/mol. The topological polar surface area (TPSA) is 97.0 Å². The number of guanidine groups is 1. The highest BCUT2D eigenvalue weighted by atomic mass is 79.9. The van der Waals surface area contributed by atoms with E-state index in [1.807, 2.05) is 0 Å². The number of hydrogen-bond donors (Lipinski definition) is 3. The van der Waals surface area contributed by atoms with Crippen molar-refractivity contribution in [1.82, 2.24) is 0 Å². The molecule has 0 atom stereocenters. The number of aromatic hydroxyl groups is 1. The van der Waals surface area contributed by atoms with Crippen molar-refractivity contribution in [2.75, 3.05) is 0 Å². The van der Waals surface area contributed by atoms with Gasteiger partial charge in [0.25, 0.3) is 0 Å². The van der Waals surface area contributed by atoms with Gasteiger partial charge in [0.1, 0.15) is 5.75 Å². The quantitative estimate of drug-likeness (QED) is 0.439. The van der Waals surface area contributed by atoms with Crippen LogP contribution in [0.2, 0.25) is 0 Å². The first kappa shape index (κ1) is 14.3. The number of halogens is 4. The summed E-state index contributed by atoms with van der Waals surface area (Å²) in [5.74, 6) is -1.01. The lowest BCUT2D eigenvalue weighted by atomic mass is 10.1. The van der Waals surface area contributed by atoms with Gasteiger partial charge in [0.15, 0.2) is 0 Å². The first-order chi connectivity index (χ1) is 8.23. The van der Waals surface area contributed by atoms with E-state index in [9.17, 15) is 18.3 Å². The number of phenolic OH excluding ortho intramolecular Hbond substituents is 1. The molecule has 0 aliphatic heterocycles. The van der Waals surface area contributed by atoms with Crippen LogP contribution in [0, 0.1) is 0 Å². The minimum absolute atomic E-state index is 0.0988. The van der Waals surface area contributed by atoms with Crippen LogP contribution in [0.3, 0.4) is 0 Å². The van der Waals surface area contributed by atoms with E-state index >= 15 is 0 Å². The number of rotatable bonds is 2. The number of benzene rings is 1. The molecule has 0 radical (unpaired) electrons. The van der Waals surface area contributed by atoms with Crippen molar-refractivity contribution in [2.24, 2.45) is 21.7 Å². The van der Waals surface area contributed by atoms with Crippen LogP contribution in [0.15, 0.2) is 26.8 Å². The molecule has 1 aromatic carbocycles. The van der Waals surface area contributed by atoms with E-state index < -0.39 is 29.0 Å². The predicted molar refractivity (Wildman–Crippen MR) is 64.2 cm³/mol. The minimum atomic E-state index is -4.63. The molecular weight excluding hydrogens is 317 g/mol. The maximum Gasteiger partial charge on any atom is 0.417 e. The highest BCUT2D eigenvalue weighted by molar-refractivity contribution is 9.10. The van der Waals surface area contributed by atoms with Gasteiger partial charge in [0, 0.05) is 5.56 Å². The van der Waals surface area contributed by atoms with Gasteiger partial charge in [-0.1, -0.05) is 0 Å². The van der Waals surface area contributed by atoms with Gasteiger partial charge in [-0.3, -0.25) is 0 Å². The Bertz CT molecular complexity index is 509. The number of nitrogens with zero attached hydrogens (tertiary/aromatic N) is 2. The van der Waals surface area contributed by atoms with Crippen LogP contribution in [0.1, 0.15) is 11.1 Å². The Morgan fingerprint density at radius 2 is 1.94 bits per heavy atom. The molecule has 0 spiro atoms. The van der Waals surface area contributed by atoms with Crippen LogP contribution in [0.5, 0.6) is 5.75 Å². The zero-order valence-corrected chi connectivity index (χ0v) is 10.3. The summed E-state index contributed by atoms with van der Waals surface area (Å²) in [6.07, 6.45) is -3.90. The molecular formula is C9H8BrF3N4O. The summed E-state index contributed by atoms with van der Waals surface area (Å²) >= 11 is 2.90. The van der Waals surface area contributed by atoms with E-state index in [1.165, 1.54) is 0 Å². The highest BCUT2D eigenvalue weighted by Crippen LogP contribution is 2.38. The zero-order valence-electron chi connectivity index (χ0n) is 8.74. The van der Waals surface area contributed by atoms with Crippen LogP contribution in [-0.2, 0) is 6.18 Å². The molecule has 0 saturated carbocycles. The highest BCUT2D eigenvalue weighted by Gasteiger charge is 2.34. The standard InChI is InChI=1S/C9H8BrF3N4O/c10-6-2-1-5(9(11,12)13)4(7(6)18)3-16-17-8(14)15/h1-3,18H,(H4,14,15,17). The van der Waals surface area contributed by atoms with Gasteiger partial charge in [-0.2, -0.15) is 18.3 Å². The Hall–Kier alpha value is -1.77. The summed E-state index contributed by atoms with van der Waals surface area (Å²) in [4.78, 5) is 0. The van der Waals surface area contributed by atoms with E-state index in [0.29, 0.717) is 0 Å². The number of phenols is 1. The maximum absolute atomic E-state index is 12.7. The van der Waals surface area contributed by atoms with Crippen LogP contribution in [0.4, 0.5) is 13.2 Å². The smallest absolute Gasteiger partial charge is 0.417 e. The van der Waals surface area contributed by atoms with Crippen molar-refractivity contribution in [3.8, 4) is 5.75 Å². The minimum Gasteiger partial charge on any atom is -0.506 e. The SMILES string of the molecule is NC(N)=NN=Cc1c(C(F)(F)F)ccc(Br)c1O. The molecule has 0 aliphatic carbocycles. The normalized spacial score (nSPS) is 11.8. The van der Waals surface area contributed by atoms with Crippen LogP contribution >= 0.6 is 15.9 Å². The van der Waals surface area contributed by atoms with Crippen molar-refractivity contribution in [1.29, 1.82) is 0 Å². The van der Waals surface area contributed by atoms with Gasteiger partial charge in [-0.15, -0.1) is 5.10 Å². The van der Waals surface area contributed by atoms with Gasteiger partial charge < -0.3 is 16.6 Å². The predicted octanol–water partition coefficient (Wildman–Crippen LogP) is 1.78. The molecule has 1 rings (SSSR count). The molecule has 5 nitrogen and oxygen atoms in total. The third kappa shape index (κ3) is 3.36. The van der Waals surface area contributed by atoms with Crippen LogP contribution < -0.4 is 11.5 Å². The zero-order chi connectivity index (χ0) is 13.9. The van der Waals surface area contributed by atoms with Gasteiger partial charge in [-0.05, 0) is 28.1 Å². The fourth-order valence-corrected chi connectivity index (χ4v) is 1.46. The number of alkyl halides is 3. The molecule has 0 aliphatic rings. The third-order valence-corrected chi connectivity index (χ3v) is 2.47. The van der Waals surface area contributed by atoms with E-state index in [4.69, 9.17) is 11.5 Å². The summed E-state index contributed by atoms with van der Waals surface area (Å²) in [6.45, 7) is 0. The molecule has 0 unspecified atom stereocenters. The lowest BCUT2D eigenvalue weighted by molar-refractivity contribution is -0.137. The Labute approximate surface area is 108 Å². The summed E-state index contributed by atoms with van der Waals surface area (Å²) in [6, 6.07) is 1.89. The fraction of sp³-hybridized carbons (Fsp3) is 0.111. The summed E-state index contributed by atoms with van der Waals surface area (Å²) < 4.78 is 38.1. The van der Waals surface area contributed by atoms with E-state index in [1.54, 1.807) is 0 Å². The second-order valence-corrected chi connectivity index (χ2v) is 3.98. The molecule has 9 heteroatoms. The fourth-order valence-electron chi connectivity index (χ4n) is 1.11. The first-order valence-corrected chi connectivity index (χ1v) is 5.23. The Morgan fingerprint density at radius 1 is 1.33 bits per heavy atom. The van der Waals surface area contributed by atoms with E-state index in [0.717, 1.165) is 18.3 Å². The van der Waals surface area contributed by atoms with E-state index in [2.05, 4.69) is 26.1 Å². The van der Waals surface area contributed by atoms with E-state index in [-0.39, 0.29) is 4.47 Å². The molecule has 1 aromatic rings. The van der Waals surface area contributed by atoms with Gasteiger partial charge in [-0.25, -0.2) is 0 Å². The molecule has 0 saturated heterocycles. The average molecular weight is 325 g/mol. The summed E-state index contributed by atoms with van der Waals surface area (Å²) in [7, 11) is 0. The second kappa shape index (κ2) is 5.25. The van der Waals surface area contributed by atoms with Gasteiger partial charge in [0.05, 0.1) is 16.3 Å². The number of nitrogens with two attached hydrogens (primary N) is 2. The molecule has 0 bridgehead atoms. The lowest BCUT2D eigenvalue weighted by Crippen LogP contribution is -2.21. The second-order valence-electron chi connectivity index (χ2n) is 3.12. The Morgan fingerprint density at radius 3 is 2.44 bits per heavy atom. The summed E-state index contributed by atoms with van der Waals surface area (Å²) in [5, 5.41) is 16.0. The molecule has 98 valence electrons. The van der Waals surface area contributed by atoms with Crippen molar-refractivity contribution in [3.05, 3.63) is 27.7 Å². The largest absolute Gasteiger partial charge is 0.506 e. The molecule has 5 N–H and O–H groups in total. The molecule has 0 fully saturated rings. The molecule has 0 heterocycles. The van der Waals surface area contributed by atoms with Crippen LogP contribution in [0.25, 0.3) is 0 Å². The molecule has 0 aromatic heterocycles. The van der Waals surface area contributed by atoms with Gasteiger partial charge in [0.2, 0.25) is 5.96 Å². The Kier molecular flexibility index (Phi) is 4.17. The first-order valence-electron chi connectivity index (χ1n) is 4.44. The lowest BCUT2D eigenvalue weighted by Gasteiger charge is -2.11. The maximum atomic E-state index is 12.7. The average Bonchev–Trinajstić information content (AvgIpc) is 2.22. The van der Waals surface area contributed by atoms with Crippen molar-refractivity contribution in [2.45, 2.75) is 6.18 Å². The number of hydrogen-bond acceptors (Lipinski definition) is 3. The Balaban J connectivity index is 3.35.